The van der Waals surface area contributed by atoms with Crippen LogP contribution in [0.3, 0.4) is 0 Å². The number of carbonyl (C=O) groups excluding carboxylic acids is 1. The maximum Gasteiger partial charge on any atom is 0.255 e. The molecule has 0 atom stereocenters. The molecule has 1 N–H and O–H groups in total. The zero-order valence-electron chi connectivity index (χ0n) is 12.5. The molecule has 0 aliphatic rings. The minimum absolute atomic E-state index is 0.0972. The molecule has 4 heteroatoms. The lowest BCUT2D eigenvalue weighted by Crippen LogP contribution is -2.11. The number of hydrogen-bond donors (Lipinski definition) is 1. The molecule has 1 amide bonds. The van der Waals surface area contributed by atoms with Crippen LogP contribution >= 0.6 is 11.8 Å². The summed E-state index contributed by atoms with van der Waals surface area (Å²) in [7, 11) is 0. The second-order valence-electron chi connectivity index (χ2n) is 4.99. The first-order valence-electron chi connectivity index (χ1n) is 7.29. The van der Waals surface area contributed by atoms with E-state index in [9.17, 15) is 4.79 Å². The van der Waals surface area contributed by atoms with Gasteiger partial charge in [-0.2, -0.15) is 0 Å². The van der Waals surface area contributed by atoms with Crippen molar-refractivity contribution in [2.75, 3.05) is 5.32 Å². The number of aromatic nitrogens is 1. The Morgan fingerprint density at radius 3 is 2.43 bits per heavy atom. The number of rotatable bonds is 5. The van der Waals surface area contributed by atoms with Crippen LogP contribution < -0.4 is 5.32 Å². The predicted molar refractivity (Wildman–Crippen MR) is 94.6 cm³/mol. The van der Waals surface area contributed by atoms with Crippen LogP contribution in [0.15, 0.2) is 84.0 Å². The highest BCUT2D eigenvalue weighted by Crippen LogP contribution is 2.23. The highest BCUT2D eigenvalue weighted by Gasteiger charge is 2.06. The van der Waals surface area contributed by atoms with Gasteiger partial charge in [-0.25, -0.2) is 0 Å². The third kappa shape index (κ3) is 4.44. The molecule has 0 bridgehead atoms. The molecule has 0 aliphatic carbocycles. The molecule has 1 aromatic heterocycles. The summed E-state index contributed by atoms with van der Waals surface area (Å²) < 4.78 is 0. The van der Waals surface area contributed by atoms with E-state index < -0.39 is 0 Å². The predicted octanol–water partition coefficient (Wildman–Crippen LogP) is 4.63. The molecule has 0 unspecified atom stereocenters. The standard InChI is InChI=1S/C19H16N2OS/c22-19(21-17-6-2-1-3-7-17)16-8-10-18(11-9-16)23-14-15-5-4-12-20-13-15/h1-13H,14H2,(H,21,22). The monoisotopic (exact) mass is 320 g/mol. The number of anilines is 1. The maximum absolute atomic E-state index is 12.2. The Kier molecular flexibility index (Phi) is 5.06. The zero-order valence-corrected chi connectivity index (χ0v) is 13.3. The summed E-state index contributed by atoms with van der Waals surface area (Å²) in [6, 6.07) is 21.1. The molecule has 2 aromatic carbocycles. The van der Waals surface area contributed by atoms with Gasteiger partial charge in [0.1, 0.15) is 0 Å². The van der Waals surface area contributed by atoms with Crippen molar-refractivity contribution >= 4 is 23.4 Å². The summed E-state index contributed by atoms with van der Waals surface area (Å²) in [6.07, 6.45) is 3.64. The molecule has 1 heterocycles. The number of hydrogen-bond acceptors (Lipinski definition) is 3. The smallest absolute Gasteiger partial charge is 0.255 e. The summed E-state index contributed by atoms with van der Waals surface area (Å²) in [5, 5.41) is 2.88. The van der Waals surface area contributed by atoms with Crippen LogP contribution in [-0.2, 0) is 5.75 Å². The minimum atomic E-state index is -0.0972. The topological polar surface area (TPSA) is 42.0 Å². The van der Waals surface area contributed by atoms with Gasteiger partial charge in [0.2, 0.25) is 0 Å². The average Bonchev–Trinajstić information content (AvgIpc) is 2.62. The van der Waals surface area contributed by atoms with Crippen molar-refractivity contribution in [1.82, 2.24) is 4.98 Å². The SMILES string of the molecule is O=C(Nc1ccccc1)c1ccc(SCc2cccnc2)cc1. The molecule has 23 heavy (non-hydrogen) atoms. The van der Waals surface area contributed by atoms with E-state index in [1.165, 1.54) is 5.56 Å². The molecule has 0 aliphatic heterocycles. The maximum atomic E-state index is 12.2. The van der Waals surface area contributed by atoms with Crippen molar-refractivity contribution < 1.29 is 4.79 Å². The van der Waals surface area contributed by atoms with E-state index in [0.29, 0.717) is 5.56 Å². The van der Waals surface area contributed by atoms with Gasteiger partial charge in [0, 0.05) is 34.3 Å². The highest BCUT2D eigenvalue weighted by molar-refractivity contribution is 7.98. The van der Waals surface area contributed by atoms with Crippen LogP contribution in [-0.4, -0.2) is 10.9 Å². The number of benzene rings is 2. The summed E-state index contributed by atoms with van der Waals surface area (Å²) in [5.74, 6) is 0.767. The van der Waals surface area contributed by atoms with E-state index in [0.717, 1.165) is 16.3 Å². The number of para-hydroxylation sites is 1. The molecule has 0 saturated carbocycles. The van der Waals surface area contributed by atoms with Gasteiger partial charge in [-0.05, 0) is 48.0 Å². The van der Waals surface area contributed by atoms with Gasteiger partial charge in [-0.1, -0.05) is 24.3 Å². The van der Waals surface area contributed by atoms with Crippen LogP contribution in [0.1, 0.15) is 15.9 Å². The van der Waals surface area contributed by atoms with Gasteiger partial charge in [0.25, 0.3) is 5.91 Å². The van der Waals surface area contributed by atoms with E-state index >= 15 is 0 Å². The van der Waals surface area contributed by atoms with E-state index in [1.807, 2.05) is 66.9 Å². The average molecular weight is 320 g/mol. The fourth-order valence-electron chi connectivity index (χ4n) is 2.08. The lowest BCUT2D eigenvalue weighted by molar-refractivity contribution is 0.102. The Bertz CT molecular complexity index is 758. The van der Waals surface area contributed by atoms with Crippen LogP contribution in [0.2, 0.25) is 0 Å². The van der Waals surface area contributed by atoms with Gasteiger partial charge >= 0.3 is 0 Å². The fraction of sp³-hybridized carbons (Fsp3) is 0.0526. The normalized spacial score (nSPS) is 10.3. The quantitative estimate of drug-likeness (QED) is 0.697. The lowest BCUT2D eigenvalue weighted by atomic mass is 10.2. The fourth-order valence-corrected chi connectivity index (χ4v) is 2.91. The first kappa shape index (κ1) is 15.3. The van der Waals surface area contributed by atoms with Crippen LogP contribution in [0.4, 0.5) is 5.69 Å². The summed E-state index contributed by atoms with van der Waals surface area (Å²) in [5.41, 5.74) is 2.63. The number of nitrogens with one attached hydrogen (secondary N) is 1. The third-order valence-corrected chi connectivity index (χ3v) is 4.36. The molecule has 0 fully saturated rings. The third-order valence-electron chi connectivity index (χ3n) is 3.28. The molecule has 0 saturated heterocycles. The van der Waals surface area contributed by atoms with Crippen LogP contribution in [0.25, 0.3) is 0 Å². The number of carbonyl (C=O) groups is 1. The molecule has 114 valence electrons. The van der Waals surface area contributed by atoms with Gasteiger partial charge in [0.05, 0.1) is 0 Å². The lowest BCUT2D eigenvalue weighted by Gasteiger charge is -2.06. The van der Waals surface area contributed by atoms with E-state index in [2.05, 4.69) is 16.4 Å². The molecular formula is C19H16N2OS. The Balaban J connectivity index is 1.59. The Labute approximate surface area is 139 Å². The minimum Gasteiger partial charge on any atom is -0.322 e. The van der Waals surface area contributed by atoms with Gasteiger partial charge in [-0.15, -0.1) is 11.8 Å². The Morgan fingerprint density at radius 2 is 1.74 bits per heavy atom. The van der Waals surface area contributed by atoms with Crippen molar-refractivity contribution in [3.8, 4) is 0 Å². The van der Waals surface area contributed by atoms with E-state index in [1.54, 1.807) is 18.0 Å². The van der Waals surface area contributed by atoms with E-state index in [4.69, 9.17) is 0 Å². The van der Waals surface area contributed by atoms with Gasteiger partial charge < -0.3 is 5.32 Å². The van der Waals surface area contributed by atoms with Crippen molar-refractivity contribution in [2.45, 2.75) is 10.6 Å². The van der Waals surface area contributed by atoms with E-state index in [-0.39, 0.29) is 5.91 Å². The first-order chi connectivity index (χ1) is 11.3. The van der Waals surface area contributed by atoms with Crippen LogP contribution in [0.5, 0.6) is 0 Å². The number of nitrogens with zero attached hydrogens (tertiary/aromatic N) is 1. The van der Waals surface area contributed by atoms with Crippen molar-refractivity contribution in [3.05, 3.63) is 90.3 Å². The Morgan fingerprint density at radius 1 is 0.957 bits per heavy atom. The largest absolute Gasteiger partial charge is 0.322 e. The summed E-state index contributed by atoms with van der Waals surface area (Å²) in [6.45, 7) is 0. The summed E-state index contributed by atoms with van der Waals surface area (Å²) in [4.78, 5) is 17.4. The second-order valence-corrected chi connectivity index (χ2v) is 6.04. The van der Waals surface area contributed by atoms with Crippen molar-refractivity contribution in [3.63, 3.8) is 0 Å². The molecule has 3 aromatic rings. The molecule has 0 spiro atoms. The summed E-state index contributed by atoms with van der Waals surface area (Å²) >= 11 is 1.73. The number of amides is 1. The zero-order chi connectivity index (χ0) is 15.9. The highest BCUT2D eigenvalue weighted by atomic mass is 32.2. The van der Waals surface area contributed by atoms with Gasteiger partial charge in [0.15, 0.2) is 0 Å². The second kappa shape index (κ2) is 7.61. The van der Waals surface area contributed by atoms with Crippen molar-refractivity contribution in [2.24, 2.45) is 0 Å². The molecular weight excluding hydrogens is 304 g/mol. The first-order valence-corrected chi connectivity index (χ1v) is 8.28. The number of thioether (sulfide) groups is 1. The molecule has 3 rings (SSSR count). The molecule has 3 nitrogen and oxygen atoms in total. The molecule has 0 radical (unpaired) electrons. The Hall–Kier alpha value is -2.59. The van der Waals surface area contributed by atoms with Crippen LogP contribution in [0, 0.1) is 0 Å². The number of pyridine rings is 1. The van der Waals surface area contributed by atoms with Gasteiger partial charge in [-0.3, -0.25) is 9.78 Å². The van der Waals surface area contributed by atoms with Crippen molar-refractivity contribution in [1.29, 1.82) is 0 Å².